The first-order chi connectivity index (χ1) is 21.6. The van der Waals surface area contributed by atoms with Gasteiger partial charge in [0.15, 0.2) is 17.7 Å². The highest BCUT2D eigenvalue weighted by atomic mass is 16.5. The quantitative estimate of drug-likeness (QED) is 0.0924. The molecule has 1 aliphatic heterocycles. The molecule has 3 heterocycles. The number of nitrogens with zero attached hydrogens (tertiary/aromatic N) is 1. The van der Waals surface area contributed by atoms with Crippen LogP contribution >= 0.6 is 0 Å². The van der Waals surface area contributed by atoms with Crippen molar-refractivity contribution in [2.75, 3.05) is 0 Å². The van der Waals surface area contributed by atoms with E-state index in [1.165, 1.54) is 6.07 Å². The molecule has 9 N–H and O–H groups in total. The molecule has 0 radical (unpaired) electrons. The second kappa shape index (κ2) is 14.3. The standard InChI is InChI=1S/C35H42N4O6/c1-2-4-25(40)16-27(42)17-26(41)10-7-21-8-12-32(44)33(13-21)45-34-6-3-5-31(43)28-11-9-22(35(36)37)14-23(28)15-24-18-38-30-20-39(34)19-29(24)30/h8-9,11-14,18-20,25,27,31,34-35,38,40,42-44H,2,4,6-7,10,15-17,36-37H2,1H3/t25-,27+,31-,34-/m0/s1. The number of carbonyl (C=O) groups excluding carboxylic acids is 1. The van der Waals surface area contributed by atoms with Crippen LogP contribution in [0.25, 0.3) is 10.9 Å². The Morgan fingerprint density at radius 2 is 1.96 bits per heavy atom. The number of H-pyrrole nitrogens is 1. The van der Waals surface area contributed by atoms with E-state index in [2.05, 4.69) is 16.8 Å². The van der Waals surface area contributed by atoms with E-state index in [0.717, 1.165) is 39.6 Å². The molecule has 4 atom stereocenters. The number of phenols is 1. The van der Waals surface area contributed by atoms with E-state index in [-0.39, 0.29) is 43.0 Å². The fourth-order valence-corrected chi connectivity index (χ4v) is 5.84. The highest BCUT2D eigenvalue weighted by molar-refractivity contribution is 5.83. The van der Waals surface area contributed by atoms with E-state index in [1.807, 2.05) is 42.2 Å². The van der Waals surface area contributed by atoms with Crippen LogP contribution < -0.4 is 16.2 Å². The number of hydrogen-bond donors (Lipinski definition) is 7. The topological polar surface area (TPSA) is 180 Å². The van der Waals surface area contributed by atoms with Crippen molar-refractivity contribution < 1.29 is 30.0 Å². The Hall–Kier alpha value is -4.11. The third-order valence-corrected chi connectivity index (χ3v) is 8.28. The van der Waals surface area contributed by atoms with Gasteiger partial charge in [-0.15, -0.1) is 0 Å². The molecule has 2 aromatic heterocycles. The molecule has 45 heavy (non-hydrogen) atoms. The van der Waals surface area contributed by atoms with Crippen LogP contribution in [0.2, 0.25) is 0 Å². The number of aromatic amines is 1. The molecule has 0 spiro atoms. The van der Waals surface area contributed by atoms with Crippen molar-refractivity contribution in [3.8, 4) is 23.3 Å². The minimum atomic E-state index is -1.03. The maximum absolute atomic E-state index is 12.5. The first-order valence-electron chi connectivity index (χ1n) is 15.4. The van der Waals surface area contributed by atoms with Gasteiger partial charge in [0.25, 0.3) is 0 Å². The number of carbonyl (C=O) groups is 1. The average molecular weight is 615 g/mol. The van der Waals surface area contributed by atoms with Gasteiger partial charge in [-0.3, -0.25) is 4.79 Å². The van der Waals surface area contributed by atoms with Crippen molar-refractivity contribution in [2.24, 2.45) is 11.5 Å². The Morgan fingerprint density at radius 1 is 1.13 bits per heavy atom. The van der Waals surface area contributed by atoms with Crippen LogP contribution in [0.15, 0.2) is 55.0 Å². The maximum atomic E-state index is 12.5. The normalized spacial score (nSPS) is 17.7. The van der Waals surface area contributed by atoms with Crippen LogP contribution in [0.4, 0.5) is 0 Å². The number of Topliss-reactive ketones (excluding diaryl/α,β-unsaturated/α-hetero) is 1. The largest absolute Gasteiger partial charge is 0.504 e. The van der Waals surface area contributed by atoms with Crippen molar-refractivity contribution in [1.29, 1.82) is 0 Å². The zero-order valence-electron chi connectivity index (χ0n) is 25.4. The third kappa shape index (κ3) is 7.95. The van der Waals surface area contributed by atoms with Gasteiger partial charge in [0.1, 0.15) is 11.9 Å². The van der Waals surface area contributed by atoms with Gasteiger partial charge in [0.05, 0.1) is 30.3 Å². The number of rotatable bonds is 12. The van der Waals surface area contributed by atoms with Crippen molar-refractivity contribution in [1.82, 2.24) is 9.55 Å². The molecular formula is C35H42N4O6. The van der Waals surface area contributed by atoms with Crippen LogP contribution in [-0.4, -0.2) is 48.0 Å². The highest BCUT2D eigenvalue weighted by Crippen LogP contribution is 2.34. The number of aliphatic hydroxyl groups excluding tert-OH is 3. The summed E-state index contributed by atoms with van der Waals surface area (Å²) in [6, 6.07) is 10.5. The number of hydrogen-bond acceptors (Lipinski definition) is 8. The smallest absolute Gasteiger partial charge is 0.186 e. The lowest BCUT2D eigenvalue weighted by Crippen LogP contribution is -2.20. The summed E-state index contributed by atoms with van der Waals surface area (Å²) in [4.78, 5) is 15.8. The van der Waals surface area contributed by atoms with Crippen molar-refractivity contribution >= 4 is 16.7 Å². The van der Waals surface area contributed by atoms with E-state index in [1.54, 1.807) is 18.2 Å². The zero-order chi connectivity index (χ0) is 32.1. The molecule has 0 saturated carbocycles. The van der Waals surface area contributed by atoms with Gasteiger partial charge in [-0.2, -0.15) is 0 Å². The number of aromatic nitrogens is 2. The number of aliphatic hydroxyl groups is 3. The summed E-state index contributed by atoms with van der Waals surface area (Å²) >= 11 is 0. The molecule has 0 amide bonds. The van der Waals surface area contributed by atoms with Crippen LogP contribution in [0.3, 0.4) is 0 Å². The summed E-state index contributed by atoms with van der Waals surface area (Å²) in [7, 11) is 0. The van der Waals surface area contributed by atoms with E-state index in [9.17, 15) is 25.2 Å². The lowest BCUT2D eigenvalue weighted by atomic mass is 9.94. The molecule has 5 rings (SSSR count). The second-order valence-corrected chi connectivity index (χ2v) is 11.9. The Labute approximate surface area is 262 Å². The van der Waals surface area contributed by atoms with Gasteiger partial charge in [0, 0.05) is 43.2 Å². The van der Waals surface area contributed by atoms with Crippen LogP contribution in [0.5, 0.6) is 11.5 Å². The minimum Gasteiger partial charge on any atom is -0.504 e. The summed E-state index contributed by atoms with van der Waals surface area (Å²) in [5.41, 5.74) is 16.9. The number of nitrogens with two attached hydrogens (primary N) is 2. The van der Waals surface area contributed by atoms with Gasteiger partial charge in [0.2, 0.25) is 0 Å². The minimum absolute atomic E-state index is 0.0101. The SMILES string of the molecule is CCC[C@H](O)C[C@@H](O)CC(=O)CCc1ccc(O)c(O[C@H]2CC#C[C@H](O)c3ccc(C(N)N)cc3Cc3c[nH]c4cn2cc34)c1. The Balaban J connectivity index is 1.34. The predicted molar refractivity (Wildman–Crippen MR) is 171 cm³/mol. The molecule has 0 unspecified atom stereocenters. The average Bonchev–Trinajstić information content (AvgIpc) is 3.58. The number of phenolic OH excluding ortho intramolecular Hbond substituents is 1. The summed E-state index contributed by atoms with van der Waals surface area (Å²) in [6.07, 6.45) is 5.01. The number of aromatic hydroxyl groups is 1. The molecule has 0 fully saturated rings. The van der Waals surface area contributed by atoms with Gasteiger partial charge < -0.3 is 46.2 Å². The lowest BCUT2D eigenvalue weighted by Gasteiger charge is -2.20. The number of aryl methyl sites for hydroxylation is 1. The molecule has 10 heteroatoms. The number of ether oxygens (including phenoxy) is 1. The van der Waals surface area contributed by atoms with Crippen molar-refractivity contribution in [3.63, 3.8) is 0 Å². The molecular weight excluding hydrogens is 572 g/mol. The second-order valence-electron chi connectivity index (χ2n) is 11.9. The number of nitrogens with one attached hydrogen (secondary N) is 1. The molecule has 2 aromatic carbocycles. The predicted octanol–water partition coefficient (Wildman–Crippen LogP) is 4.00. The molecule has 1 aliphatic rings. The summed E-state index contributed by atoms with van der Waals surface area (Å²) in [5.74, 6) is 6.10. The Morgan fingerprint density at radius 3 is 2.73 bits per heavy atom. The van der Waals surface area contributed by atoms with Crippen LogP contribution in [-0.2, 0) is 17.6 Å². The van der Waals surface area contributed by atoms with E-state index >= 15 is 0 Å². The number of ketones is 1. The summed E-state index contributed by atoms with van der Waals surface area (Å²) < 4.78 is 8.22. The number of benzene rings is 2. The molecule has 238 valence electrons. The van der Waals surface area contributed by atoms with Crippen LogP contribution in [0.1, 0.15) is 91.8 Å². The van der Waals surface area contributed by atoms with Gasteiger partial charge in [-0.1, -0.05) is 49.5 Å². The first-order valence-corrected chi connectivity index (χ1v) is 15.4. The number of fused-ring (bicyclic) bond motifs is 2. The fraction of sp³-hybridized carbons (Fsp3) is 0.400. The Bertz CT molecular complexity index is 1700. The molecule has 0 saturated heterocycles. The zero-order valence-corrected chi connectivity index (χ0v) is 25.4. The summed E-state index contributed by atoms with van der Waals surface area (Å²) in [6.45, 7) is 1.96. The van der Waals surface area contributed by atoms with Crippen LogP contribution in [0, 0.1) is 11.8 Å². The third-order valence-electron chi connectivity index (χ3n) is 8.28. The molecule has 2 bridgehead atoms. The van der Waals surface area contributed by atoms with E-state index in [4.69, 9.17) is 16.2 Å². The molecule has 0 aliphatic carbocycles. The fourth-order valence-electron chi connectivity index (χ4n) is 5.84. The molecule has 10 nitrogen and oxygen atoms in total. The van der Waals surface area contributed by atoms with Crippen molar-refractivity contribution in [3.05, 3.63) is 82.8 Å². The highest BCUT2D eigenvalue weighted by Gasteiger charge is 2.21. The lowest BCUT2D eigenvalue weighted by molar-refractivity contribution is -0.121. The maximum Gasteiger partial charge on any atom is 0.186 e. The molecule has 4 aromatic rings. The van der Waals surface area contributed by atoms with E-state index in [0.29, 0.717) is 24.8 Å². The monoisotopic (exact) mass is 614 g/mol. The summed E-state index contributed by atoms with van der Waals surface area (Å²) in [5, 5.41) is 42.8. The van der Waals surface area contributed by atoms with Gasteiger partial charge in [-0.25, -0.2) is 0 Å². The van der Waals surface area contributed by atoms with Gasteiger partial charge in [-0.05, 0) is 59.2 Å². The van der Waals surface area contributed by atoms with E-state index < -0.39 is 30.7 Å². The Kier molecular flexibility index (Phi) is 10.3. The van der Waals surface area contributed by atoms with Gasteiger partial charge >= 0.3 is 0 Å². The first kappa shape index (κ1) is 32.3. The van der Waals surface area contributed by atoms with Crippen molar-refractivity contribution in [2.45, 2.75) is 89.0 Å².